The fourth-order valence-corrected chi connectivity index (χ4v) is 6.53. The van der Waals surface area contributed by atoms with Crippen LogP contribution in [0.25, 0.3) is 11.1 Å². The van der Waals surface area contributed by atoms with Crippen LogP contribution in [0.3, 0.4) is 0 Å². The van der Waals surface area contributed by atoms with E-state index in [1.807, 2.05) is 54.1 Å². The minimum atomic E-state index is -3.20. The first-order valence-corrected chi connectivity index (χ1v) is 12.6. The molecule has 2 bridgehead atoms. The van der Waals surface area contributed by atoms with Crippen LogP contribution in [0.2, 0.25) is 0 Å². The van der Waals surface area contributed by atoms with E-state index in [1.54, 1.807) is 16.1 Å². The molecule has 1 saturated heterocycles. The Hall–Kier alpha value is -1.57. The Kier molecular flexibility index (Phi) is 5.42. The van der Waals surface area contributed by atoms with Gasteiger partial charge in [0.1, 0.15) is 0 Å². The number of benzene rings is 1. The van der Waals surface area contributed by atoms with Gasteiger partial charge >= 0.3 is 0 Å². The average Bonchev–Trinajstić information content (AvgIpc) is 2.69. The highest BCUT2D eigenvalue weighted by atomic mass is 32.2. The Labute approximate surface area is 170 Å². The first-order chi connectivity index (χ1) is 13.4. The van der Waals surface area contributed by atoms with Gasteiger partial charge in [0.05, 0.1) is 5.75 Å². The van der Waals surface area contributed by atoms with E-state index in [9.17, 15) is 13.2 Å². The fraction of sp³-hybridized carbons (Fsp3) is 0.476. The van der Waals surface area contributed by atoms with Crippen LogP contribution in [0.1, 0.15) is 31.4 Å². The molecule has 0 amide bonds. The molecule has 0 saturated carbocycles. The summed E-state index contributed by atoms with van der Waals surface area (Å²) in [4.78, 5) is 14.4. The van der Waals surface area contributed by atoms with Crippen molar-refractivity contribution in [1.82, 2.24) is 8.87 Å². The minimum Gasteiger partial charge on any atom is -0.311 e. The summed E-state index contributed by atoms with van der Waals surface area (Å²) in [5.74, 6) is 0.494. The van der Waals surface area contributed by atoms with Crippen molar-refractivity contribution in [3.63, 3.8) is 0 Å². The van der Waals surface area contributed by atoms with E-state index in [1.165, 1.54) is 4.90 Å². The smallest absolute Gasteiger partial charge is 0.258 e. The highest BCUT2D eigenvalue weighted by Crippen LogP contribution is 2.37. The second-order valence-electron chi connectivity index (χ2n) is 7.75. The van der Waals surface area contributed by atoms with Crippen LogP contribution in [0.15, 0.2) is 46.1 Å². The van der Waals surface area contributed by atoms with Gasteiger partial charge in [0, 0.05) is 41.7 Å². The predicted octanol–water partition coefficient (Wildman–Crippen LogP) is 3.40. The number of aromatic nitrogens is 1. The number of sulfonamides is 1. The van der Waals surface area contributed by atoms with Crippen molar-refractivity contribution in [2.75, 3.05) is 25.1 Å². The molecule has 4 rings (SSSR count). The summed E-state index contributed by atoms with van der Waals surface area (Å²) in [6.45, 7) is 3.50. The van der Waals surface area contributed by atoms with Crippen LogP contribution in [0.4, 0.5) is 0 Å². The molecular formula is C21H26N2O3S2. The van der Waals surface area contributed by atoms with Crippen LogP contribution in [0, 0.1) is 5.92 Å². The Morgan fingerprint density at radius 3 is 2.50 bits per heavy atom. The molecule has 2 aliphatic rings. The molecule has 0 radical (unpaired) electrons. The highest BCUT2D eigenvalue weighted by Gasteiger charge is 2.38. The third-order valence-electron chi connectivity index (χ3n) is 5.83. The zero-order valence-electron chi connectivity index (χ0n) is 16.3. The Morgan fingerprint density at radius 1 is 1.07 bits per heavy atom. The van der Waals surface area contributed by atoms with Crippen LogP contribution < -0.4 is 5.56 Å². The first kappa shape index (κ1) is 19.7. The van der Waals surface area contributed by atoms with E-state index in [0.717, 1.165) is 17.7 Å². The van der Waals surface area contributed by atoms with E-state index in [4.69, 9.17) is 0 Å². The van der Waals surface area contributed by atoms with Gasteiger partial charge in [-0.25, -0.2) is 12.7 Å². The molecule has 1 aromatic heterocycles. The molecule has 5 nitrogen and oxygen atoms in total. The van der Waals surface area contributed by atoms with Gasteiger partial charge in [-0.15, -0.1) is 11.8 Å². The lowest BCUT2D eigenvalue weighted by molar-refractivity contribution is 0.186. The highest BCUT2D eigenvalue weighted by molar-refractivity contribution is 7.98. The lowest BCUT2D eigenvalue weighted by Gasteiger charge is -2.42. The molecular weight excluding hydrogens is 392 g/mol. The second kappa shape index (κ2) is 7.69. The maximum Gasteiger partial charge on any atom is 0.258 e. The standard InChI is InChI=1S/C21H26N2O3S2/c1-3-10-28(25,26)22-12-15-11-17(14-22)20-9-8-19(21(24)23(20)13-15)16-4-6-18(27-2)7-5-16/h4-9,15,17H,3,10-14H2,1-2H3. The number of rotatable bonds is 5. The number of pyridine rings is 1. The number of nitrogens with zero attached hydrogens (tertiary/aromatic N) is 2. The predicted molar refractivity (Wildman–Crippen MR) is 114 cm³/mol. The molecule has 2 unspecified atom stereocenters. The van der Waals surface area contributed by atoms with Crippen molar-refractivity contribution in [3.05, 3.63) is 52.4 Å². The molecule has 150 valence electrons. The molecule has 7 heteroatoms. The molecule has 28 heavy (non-hydrogen) atoms. The van der Waals surface area contributed by atoms with Crippen molar-refractivity contribution < 1.29 is 8.42 Å². The second-order valence-corrected chi connectivity index (χ2v) is 10.7. The maximum absolute atomic E-state index is 13.2. The number of thioether (sulfide) groups is 1. The van der Waals surface area contributed by atoms with Gasteiger partial charge in [-0.3, -0.25) is 4.79 Å². The molecule has 3 heterocycles. The molecule has 1 aromatic carbocycles. The van der Waals surface area contributed by atoms with Gasteiger partial charge in [0.25, 0.3) is 5.56 Å². The zero-order chi connectivity index (χ0) is 19.9. The summed E-state index contributed by atoms with van der Waals surface area (Å²) in [5.41, 5.74) is 2.66. The van der Waals surface area contributed by atoms with Gasteiger partial charge in [0.2, 0.25) is 10.0 Å². The molecule has 2 atom stereocenters. The van der Waals surface area contributed by atoms with Crippen LogP contribution in [0.5, 0.6) is 0 Å². The van der Waals surface area contributed by atoms with Crippen LogP contribution >= 0.6 is 11.8 Å². The van der Waals surface area contributed by atoms with E-state index < -0.39 is 10.0 Å². The summed E-state index contributed by atoms with van der Waals surface area (Å²) in [6, 6.07) is 12.0. The average molecular weight is 419 g/mol. The third kappa shape index (κ3) is 3.55. The van der Waals surface area contributed by atoms with Crippen LogP contribution in [-0.4, -0.2) is 42.4 Å². The van der Waals surface area contributed by atoms with Crippen molar-refractivity contribution in [2.24, 2.45) is 5.92 Å². The number of piperidine rings is 1. The van der Waals surface area contributed by atoms with Gasteiger partial charge in [-0.1, -0.05) is 19.1 Å². The summed E-state index contributed by atoms with van der Waals surface area (Å²) >= 11 is 1.68. The topological polar surface area (TPSA) is 59.4 Å². The van der Waals surface area contributed by atoms with Gasteiger partial charge in [-0.05, 0) is 54.8 Å². The quantitative estimate of drug-likeness (QED) is 0.699. The molecule has 0 spiro atoms. The summed E-state index contributed by atoms with van der Waals surface area (Å²) < 4.78 is 28.6. The minimum absolute atomic E-state index is 0.0361. The van der Waals surface area contributed by atoms with Crippen molar-refractivity contribution in [1.29, 1.82) is 0 Å². The van der Waals surface area contributed by atoms with Gasteiger partial charge < -0.3 is 4.57 Å². The van der Waals surface area contributed by atoms with E-state index in [-0.39, 0.29) is 23.1 Å². The number of fused-ring (bicyclic) bond motifs is 4. The van der Waals surface area contributed by atoms with Gasteiger partial charge in [-0.2, -0.15) is 0 Å². The lowest BCUT2D eigenvalue weighted by atomic mass is 9.84. The zero-order valence-corrected chi connectivity index (χ0v) is 17.9. The molecule has 0 N–H and O–H groups in total. The molecule has 2 aromatic rings. The summed E-state index contributed by atoms with van der Waals surface area (Å²) in [6.07, 6.45) is 3.62. The number of hydrogen-bond acceptors (Lipinski definition) is 4. The Morgan fingerprint density at radius 2 is 1.82 bits per heavy atom. The molecule has 2 aliphatic heterocycles. The van der Waals surface area contributed by atoms with E-state index in [2.05, 4.69) is 0 Å². The summed E-state index contributed by atoms with van der Waals surface area (Å²) in [7, 11) is -3.20. The van der Waals surface area contributed by atoms with Crippen molar-refractivity contribution >= 4 is 21.8 Å². The van der Waals surface area contributed by atoms with Gasteiger partial charge in [0.15, 0.2) is 0 Å². The van der Waals surface area contributed by atoms with E-state index >= 15 is 0 Å². The first-order valence-electron chi connectivity index (χ1n) is 9.79. The van der Waals surface area contributed by atoms with E-state index in [0.29, 0.717) is 31.6 Å². The van der Waals surface area contributed by atoms with Crippen molar-refractivity contribution in [2.45, 2.75) is 37.1 Å². The Balaban J connectivity index is 1.68. The Bertz CT molecular complexity index is 1030. The third-order valence-corrected chi connectivity index (χ3v) is 8.58. The normalized spacial score (nSPS) is 22.1. The summed E-state index contributed by atoms with van der Waals surface area (Å²) in [5, 5.41) is 0. The SMILES string of the molecule is CCCS(=O)(=O)N1CC2CC(C1)c1ccc(-c3ccc(SC)cc3)c(=O)n1C2. The monoisotopic (exact) mass is 418 g/mol. The molecule has 0 aliphatic carbocycles. The largest absolute Gasteiger partial charge is 0.311 e. The van der Waals surface area contributed by atoms with Crippen molar-refractivity contribution in [3.8, 4) is 11.1 Å². The lowest BCUT2D eigenvalue weighted by Crippen LogP contribution is -2.49. The fourth-order valence-electron chi connectivity index (χ4n) is 4.51. The maximum atomic E-state index is 13.2. The molecule has 1 fully saturated rings. The number of hydrogen-bond donors (Lipinski definition) is 0. The van der Waals surface area contributed by atoms with Crippen LogP contribution in [-0.2, 0) is 16.6 Å².